The molecule has 0 aliphatic heterocycles. The first-order valence-electron chi connectivity index (χ1n) is 6.10. The quantitative estimate of drug-likeness (QED) is 0.831. The van der Waals surface area contributed by atoms with Crippen LogP contribution in [0.15, 0.2) is 24.3 Å². The smallest absolute Gasteiger partial charge is 0.253 e. The van der Waals surface area contributed by atoms with E-state index in [9.17, 15) is 4.79 Å². The Bertz CT molecular complexity index is 428. The molecule has 0 fully saturated rings. The van der Waals surface area contributed by atoms with Crippen molar-refractivity contribution in [3.63, 3.8) is 0 Å². The highest BCUT2D eigenvalue weighted by molar-refractivity contribution is 7.80. The van der Waals surface area contributed by atoms with Gasteiger partial charge in [-0.15, -0.1) is 0 Å². The van der Waals surface area contributed by atoms with Crippen molar-refractivity contribution < 1.29 is 4.79 Å². The maximum Gasteiger partial charge on any atom is 0.253 e. The van der Waals surface area contributed by atoms with Crippen LogP contribution in [0.2, 0.25) is 0 Å². The summed E-state index contributed by atoms with van der Waals surface area (Å²) < 4.78 is 0. The van der Waals surface area contributed by atoms with E-state index in [4.69, 9.17) is 18.0 Å². The van der Waals surface area contributed by atoms with Crippen LogP contribution in [0, 0.1) is 0 Å². The predicted molar refractivity (Wildman–Crippen MR) is 78.8 cm³/mol. The lowest BCUT2D eigenvalue weighted by Crippen LogP contribution is -2.37. The minimum atomic E-state index is 0.00130. The van der Waals surface area contributed by atoms with E-state index in [2.05, 4.69) is 6.92 Å². The summed E-state index contributed by atoms with van der Waals surface area (Å²) in [7, 11) is 1.78. The van der Waals surface area contributed by atoms with E-state index in [1.165, 1.54) is 5.56 Å². The summed E-state index contributed by atoms with van der Waals surface area (Å²) in [5, 5.41) is 0. The van der Waals surface area contributed by atoms with Gasteiger partial charge in [0.15, 0.2) is 0 Å². The zero-order valence-electron chi connectivity index (χ0n) is 11.1. The Kier molecular flexibility index (Phi) is 5.28. The molecule has 0 radical (unpaired) electrons. The molecule has 0 saturated heterocycles. The molecule has 1 rings (SSSR count). The van der Waals surface area contributed by atoms with Crippen molar-refractivity contribution in [1.82, 2.24) is 4.90 Å². The predicted octanol–water partition coefficient (Wildman–Crippen LogP) is 2.39. The summed E-state index contributed by atoms with van der Waals surface area (Å²) in [6.45, 7) is 4.03. The molecule has 0 bridgehead atoms. The summed E-state index contributed by atoms with van der Waals surface area (Å²) in [5.74, 6) is 0.00130. The minimum absolute atomic E-state index is 0.00130. The molecule has 1 atom stereocenters. The lowest BCUT2D eigenvalue weighted by Gasteiger charge is -2.24. The van der Waals surface area contributed by atoms with Crippen LogP contribution < -0.4 is 5.73 Å². The second-order valence-corrected chi connectivity index (χ2v) is 5.01. The van der Waals surface area contributed by atoms with Gasteiger partial charge in [0.2, 0.25) is 0 Å². The number of nitrogens with zero attached hydrogens (tertiary/aromatic N) is 1. The van der Waals surface area contributed by atoms with Crippen molar-refractivity contribution in [2.75, 3.05) is 7.05 Å². The van der Waals surface area contributed by atoms with Gasteiger partial charge in [0.05, 0.1) is 4.99 Å². The van der Waals surface area contributed by atoms with Crippen molar-refractivity contribution >= 4 is 23.1 Å². The van der Waals surface area contributed by atoms with Gasteiger partial charge in [0, 0.05) is 25.1 Å². The van der Waals surface area contributed by atoms with Crippen molar-refractivity contribution in [1.29, 1.82) is 0 Å². The number of thiocarbonyl (C=S) groups is 1. The molecule has 0 aromatic heterocycles. The Morgan fingerprint density at radius 2 is 1.94 bits per heavy atom. The number of hydrogen-bond donors (Lipinski definition) is 1. The van der Waals surface area contributed by atoms with Crippen molar-refractivity contribution in [3.8, 4) is 0 Å². The number of benzene rings is 1. The van der Waals surface area contributed by atoms with Gasteiger partial charge >= 0.3 is 0 Å². The Labute approximate surface area is 114 Å². The average Bonchev–Trinajstić information content (AvgIpc) is 2.36. The molecule has 2 N–H and O–H groups in total. The summed E-state index contributed by atoms with van der Waals surface area (Å²) in [5.41, 5.74) is 7.43. The minimum Gasteiger partial charge on any atom is -0.393 e. The zero-order chi connectivity index (χ0) is 13.7. The number of nitrogens with two attached hydrogens (primary N) is 1. The molecule has 98 valence electrons. The van der Waals surface area contributed by atoms with Crippen LogP contribution in [0.1, 0.15) is 36.2 Å². The van der Waals surface area contributed by atoms with Crippen molar-refractivity contribution in [2.45, 2.75) is 32.7 Å². The van der Waals surface area contributed by atoms with E-state index in [1.807, 2.05) is 31.2 Å². The van der Waals surface area contributed by atoms with Gasteiger partial charge in [-0.1, -0.05) is 31.3 Å². The second-order valence-electron chi connectivity index (χ2n) is 4.49. The molecule has 1 amide bonds. The fraction of sp³-hybridized carbons (Fsp3) is 0.429. The maximum atomic E-state index is 12.2. The zero-order valence-corrected chi connectivity index (χ0v) is 12.0. The molecular formula is C14H20N2OS. The SMILES string of the molecule is CCc1ccc(C(=O)N(C)C(C)CC(N)=S)cc1. The molecule has 0 aliphatic rings. The fourth-order valence-electron chi connectivity index (χ4n) is 1.71. The Morgan fingerprint density at radius 1 is 1.39 bits per heavy atom. The summed E-state index contributed by atoms with van der Waals surface area (Å²) in [6, 6.07) is 7.72. The first-order valence-corrected chi connectivity index (χ1v) is 6.51. The second kappa shape index (κ2) is 6.50. The van der Waals surface area contributed by atoms with Crippen LogP contribution in [-0.4, -0.2) is 28.9 Å². The van der Waals surface area contributed by atoms with Crippen molar-refractivity contribution in [2.24, 2.45) is 5.73 Å². The normalized spacial score (nSPS) is 11.9. The van der Waals surface area contributed by atoms with Gasteiger partial charge in [-0.25, -0.2) is 0 Å². The third-order valence-electron chi connectivity index (χ3n) is 3.09. The van der Waals surface area contributed by atoms with E-state index in [0.29, 0.717) is 17.0 Å². The van der Waals surface area contributed by atoms with E-state index in [-0.39, 0.29) is 11.9 Å². The molecule has 3 nitrogen and oxygen atoms in total. The highest BCUT2D eigenvalue weighted by Gasteiger charge is 2.17. The molecule has 1 aromatic carbocycles. The number of carbonyl (C=O) groups excluding carboxylic acids is 1. The standard InChI is InChI=1S/C14H20N2OS/c1-4-11-5-7-12(8-6-11)14(17)16(3)10(2)9-13(15)18/h5-8,10H,4,9H2,1-3H3,(H2,15,18). The Morgan fingerprint density at radius 3 is 2.39 bits per heavy atom. The van der Waals surface area contributed by atoms with Gasteiger partial charge in [0.25, 0.3) is 5.91 Å². The number of carbonyl (C=O) groups is 1. The molecule has 0 heterocycles. The highest BCUT2D eigenvalue weighted by Crippen LogP contribution is 2.11. The summed E-state index contributed by atoms with van der Waals surface area (Å²) >= 11 is 4.87. The average molecular weight is 264 g/mol. The monoisotopic (exact) mass is 264 g/mol. The van der Waals surface area contributed by atoms with Crippen LogP contribution in [0.5, 0.6) is 0 Å². The third kappa shape index (κ3) is 3.81. The number of aryl methyl sites for hydroxylation is 1. The van der Waals surface area contributed by atoms with Gasteiger partial charge in [-0.3, -0.25) is 4.79 Å². The van der Waals surface area contributed by atoms with Crippen LogP contribution >= 0.6 is 12.2 Å². The third-order valence-corrected chi connectivity index (χ3v) is 3.25. The lowest BCUT2D eigenvalue weighted by atomic mass is 10.1. The number of amides is 1. The molecule has 18 heavy (non-hydrogen) atoms. The summed E-state index contributed by atoms with van der Waals surface area (Å²) in [6.07, 6.45) is 1.52. The topological polar surface area (TPSA) is 46.3 Å². The van der Waals surface area contributed by atoms with E-state index in [0.717, 1.165) is 6.42 Å². The maximum absolute atomic E-state index is 12.2. The van der Waals surface area contributed by atoms with Crippen LogP contribution in [0.25, 0.3) is 0 Å². The molecule has 0 saturated carbocycles. The molecule has 0 aliphatic carbocycles. The highest BCUT2D eigenvalue weighted by atomic mass is 32.1. The van der Waals surface area contributed by atoms with Crippen LogP contribution in [0.4, 0.5) is 0 Å². The molecule has 0 spiro atoms. The number of hydrogen-bond acceptors (Lipinski definition) is 2. The first kappa shape index (κ1) is 14.6. The Hall–Kier alpha value is -1.42. The van der Waals surface area contributed by atoms with Gasteiger partial charge in [0.1, 0.15) is 0 Å². The van der Waals surface area contributed by atoms with Crippen LogP contribution in [-0.2, 0) is 6.42 Å². The lowest BCUT2D eigenvalue weighted by molar-refractivity contribution is 0.0748. The van der Waals surface area contributed by atoms with Gasteiger partial charge < -0.3 is 10.6 Å². The fourth-order valence-corrected chi connectivity index (χ4v) is 1.96. The van der Waals surface area contributed by atoms with Gasteiger partial charge in [-0.05, 0) is 31.0 Å². The van der Waals surface area contributed by atoms with Gasteiger partial charge in [-0.2, -0.15) is 0 Å². The molecular weight excluding hydrogens is 244 g/mol. The Balaban J connectivity index is 2.76. The van der Waals surface area contributed by atoms with Crippen LogP contribution in [0.3, 0.4) is 0 Å². The summed E-state index contributed by atoms with van der Waals surface area (Å²) in [4.78, 5) is 14.3. The van der Waals surface area contributed by atoms with E-state index >= 15 is 0 Å². The number of rotatable bonds is 5. The van der Waals surface area contributed by atoms with Crippen molar-refractivity contribution in [3.05, 3.63) is 35.4 Å². The van der Waals surface area contributed by atoms with E-state index < -0.39 is 0 Å². The molecule has 4 heteroatoms. The molecule has 1 aromatic rings. The van der Waals surface area contributed by atoms with E-state index in [1.54, 1.807) is 11.9 Å². The molecule has 1 unspecified atom stereocenters. The first-order chi connectivity index (χ1) is 8.45. The largest absolute Gasteiger partial charge is 0.393 e.